The van der Waals surface area contributed by atoms with Crippen molar-refractivity contribution in [2.45, 2.75) is 0 Å². The lowest BCUT2D eigenvalue weighted by atomic mass is 10.1. The van der Waals surface area contributed by atoms with E-state index < -0.39 is 0 Å². The molecule has 0 fully saturated rings. The van der Waals surface area contributed by atoms with Crippen LogP contribution in [0.3, 0.4) is 0 Å². The molecule has 1 nitrogen and oxygen atoms in total. The van der Waals surface area contributed by atoms with Gasteiger partial charge in [-0.2, -0.15) is 0 Å². The quantitative estimate of drug-likeness (QED) is 0.384. The first-order chi connectivity index (χ1) is 11.3. The summed E-state index contributed by atoms with van der Waals surface area (Å²) in [6, 6.07) is 28.9. The molecule has 112 valence electrons. The van der Waals surface area contributed by atoms with Crippen molar-refractivity contribution in [3.05, 3.63) is 102 Å². The Bertz CT molecular complexity index is 836. The molecule has 0 aliphatic rings. The van der Waals surface area contributed by atoms with Crippen LogP contribution in [-0.2, 0) is 0 Å². The van der Waals surface area contributed by atoms with Crippen molar-refractivity contribution in [3.8, 4) is 11.1 Å². The zero-order valence-corrected chi connectivity index (χ0v) is 14.1. The highest BCUT2D eigenvalue weighted by molar-refractivity contribution is 9.10. The van der Waals surface area contributed by atoms with Crippen LogP contribution in [0.15, 0.2) is 102 Å². The van der Waals surface area contributed by atoms with E-state index in [4.69, 9.17) is 0 Å². The van der Waals surface area contributed by atoms with Gasteiger partial charge in [-0.1, -0.05) is 82.7 Å². The van der Waals surface area contributed by atoms with Crippen molar-refractivity contribution in [2.24, 2.45) is 0 Å². The largest absolute Gasteiger partial charge is 0.264 e. The van der Waals surface area contributed by atoms with E-state index in [1.54, 1.807) is 6.20 Å². The van der Waals surface area contributed by atoms with Crippen molar-refractivity contribution >= 4 is 26.7 Å². The lowest BCUT2D eigenvalue weighted by Crippen LogP contribution is -1.73. The minimum absolute atomic E-state index is 1.11. The molecule has 4 aromatic rings. The van der Waals surface area contributed by atoms with Gasteiger partial charge in [0.05, 0.1) is 0 Å². The molecule has 1 aromatic heterocycles. The number of aromatic nitrogens is 1. The van der Waals surface area contributed by atoms with Crippen LogP contribution in [0.1, 0.15) is 0 Å². The maximum absolute atomic E-state index is 4.03. The fourth-order valence-corrected chi connectivity index (χ4v) is 2.69. The second-order valence-electron chi connectivity index (χ2n) is 5.10. The first-order valence-electron chi connectivity index (χ1n) is 7.43. The van der Waals surface area contributed by atoms with Crippen LogP contribution in [0.25, 0.3) is 21.9 Å². The molecule has 0 aliphatic heterocycles. The fourth-order valence-electron chi connectivity index (χ4n) is 2.32. The number of pyridine rings is 1. The van der Waals surface area contributed by atoms with Gasteiger partial charge in [0, 0.05) is 22.3 Å². The summed E-state index contributed by atoms with van der Waals surface area (Å²) in [6.45, 7) is 0. The number of fused-ring (bicyclic) bond motifs is 1. The second kappa shape index (κ2) is 7.70. The summed E-state index contributed by atoms with van der Waals surface area (Å²) >= 11 is 3.41. The van der Waals surface area contributed by atoms with Gasteiger partial charge in [0.1, 0.15) is 0 Å². The molecule has 0 unspecified atom stereocenters. The normalized spacial score (nSPS) is 9.96. The summed E-state index contributed by atoms with van der Waals surface area (Å²) in [5, 5.41) is 2.39. The van der Waals surface area contributed by atoms with Gasteiger partial charge in [-0.25, -0.2) is 0 Å². The number of nitrogens with zero attached hydrogens (tertiary/aromatic N) is 1. The Labute approximate surface area is 144 Å². The highest BCUT2D eigenvalue weighted by Gasteiger charge is 1.92. The van der Waals surface area contributed by atoms with E-state index in [1.807, 2.05) is 36.5 Å². The summed E-state index contributed by atoms with van der Waals surface area (Å²) in [5.74, 6) is 0. The van der Waals surface area contributed by atoms with Gasteiger partial charge in [0.15, 0.2) is 0 Å². The Morgan fingerprint density at radius 2 is 1.22 bits per heavy atom. The van der Waals surface area contributed by atoms with E-state index in [0.717, 1.165) is 4.47 Å². The van der Waals surface area contributed by atoms with Crippen LogP contribution in [-0.4, -0.2) is 4.98 Å². The molecule has 0 saturated carbocycles. The van der Waals surface area contributed by atoms with E-state index in [0.29, 0.717) is 0 Å². The molecule has 3 aromatic carbocycles. The molecule has 1 heterocycles. The average molecular weight is 362 g/mol. The third kappa shape index (κ3) is 4.27. The van der Waals surface area contributed by atoms with E-state index in [2.05, 4.69) is 75.5 Å². The predicted molar refractivity (Wildman–Crippen MR) is 101 cm³/mol. The van der Waals surface area contributed by atoms with E-state index in [9.17, 15) is 0 Å². The van der Waals surface area contributed by atoms with Crippen molar-refractivity contribution in [1.82, 2.24) is 4.98 Å². The Morgan fingerprint density at radius 3 is 1.83 bits per heavy atom. The highest BCUT2D eigenvalue weighted by atomic mass is 79.9. The molecule has 0 bridgehead atoms. The summed E-state index contributed by atoms with van der Waals surface area (Å²) in [4.78, 5) is 4.03. The molecule has 0 amide bonds. The molecule has 4 rings (SSSR count). The van der Waals surface area contributed by atoms with Crippen molar-refractivity contribution in [1.29, 1.82) is 0 Å². The summed E-state index contributed by atoms with van der Waals surface area (Å²) in [6.07, 6.45) is 3.66. The van der Waals surface area contributed by atoms with Gasteiger partial charge in [-0.15, -0.1) is 0 Å². The molecule has 0 radical (unpaired) electrons. The average Bonchev–Trinajstić information content (AvgIpc) is 2.64. The fraction of sp³-hybridized carbons (Fsp3) is 0. The lowest BCUT2D eigenvalue weighted by Gasteiger charge is -1.98. The molecular formula is C21H16BrN. The lowest BCUT2D eigenvalue weighted by molar-refractivity contribution is 1.36. The van der Waals surface area contributed by atoms with Crippen LogP contribution in [0.2, 0.25) is 0 Å². The van der Waals surface area contributed by atoms with Crippen molar-refractivity contribution in [2.75, 3.05) is 0 Å². The van der Waals surface area contributed by atoms with Crippen LogP contribution in [0, 0.1) is 0 Å². The molecule has 0 atom stereocenters. The summed E-state index contributed by atoms with van der Waals surface area (Å²) in [5.41, 5.74) is 2.55. The SMILES string of the molecule is Brc1ccc2cnccc2c1.c1ccc(-c2ccccc2)cc1. The third-order valence-electron chi connectivity index (χ3n) is 3.48. The zero-order valence-electron chi connectivity index (χ0n) is 12.6. The molecule has 0 aliphatic carbocycles. The smallest absolute Gasteiger partial charge is 0.0346 e. The first-order valence-corrected chi connectivity index (χ1v) is 8.22. The van der Waals surface area contributed by atoms with E-state index in [1.165, 1.54) is 21.9 Å². The Morgan fingerprint density at radius 1 is 0.609 bits per heavy atom. The van der Waals surface area contributed by atoms with Gasteiger partial charge >= 0.3 is 0 Å². The highest BCUT2D eigenvalue weighted by Crippen LogP contribution is 2.18. The zero-order chi connectivity index (χ0) is 15.9. The van der Waals surface area contributed by atoms with E-state index >= 15 is 0 Å². The van der Waals surface area contributed by atoms with Crippen molar-refractivity contribution in [3.63, 3.8) is 0 Å². The number of halogens is 1. The molecular weight excluding hydrogens is 346 g/mol. The number of rotatable bonds is 1. The van der Waals surface area contributed by atoms with Crippen LogP contribution in [0.4, 0.5) is 0 Å². The summed E-state index contributed by atoms with van der Waals surface area (Å²) in [7, 11) is 0. The number of hydrogen-bond donors (Lipinski definition) is 0. The maximum Gasteiger partial charge on any atom is 0.0346 e. The molecule has 23 heavy (non-hydrogen) atoms. The predicted octanol–water partition coefficient (Wildman–Crippen LogP) is 6.35. The number of hydrogen-bond acceptors (Lipinski definition) is 1. The Balaban J connectivity index is 0.000000136. The molecule has 0 N–H and O–H groups in total. The van der Waals surface area contributed by atoms with Gasteiger partial charge in [-0.05, 0) is 34.7 Å². The third-order valence-corrected chi connectivity index (χ3v) is 3.98. The van der Waals surface area contributed by atoms with Gasteiger partial charge < -0.3 is 0 Å². The molecule has 0 saturated heterocycles. The Hall–Kier alpha value is -2.45. The van der Waals surface area contributed by atoms with Crippen molar-refractivity contribution < 1.29 is 0 Å². The van der Waals surface area contributed by atoms with Crippen LogP contribution >= 0.6 is 15.9 Å². The standard InChI is InChI=1S/C12H10.C9H6BrN/c1-3-7-11(8-4-1)12-9-5-2-6-10-12;10-9-2-1-8-6-11-4-3-7(8)5-9/h1-10H;1-6H. The topological polar surface area (TPSA) is 12.9 Å². The van der Waals surface area contributed by atoms with Crippen LogP contribution in [0.5, 0.6) is 0 Å². The van der Waals surface area contributed by atoms with E-state index in [-0.39, 0.29) is 0 Å². The maximum atomic E-state index is 4.03. The molecule has 2 heteroatoms. The monoisotopic (exact) mass is 361 g/mol. The van der Waals surface area contributed by atoms with Crippen LogP contribution < -0.4 is 0 Å². The van der Waals surface area contributed by atoms with Gasteiger partial charge in [0.2, 0.25) is 0 Å². The van der Waals surface area contributed by atoms with Gasteiger partial charge in [-0.3, -0.25) is 4.98 Å². The minimum atomic E-state index is 1.11. The van der Waals surface area contributed by atoms with Gasteiger partial charge in [0.25, 0.3) is 0 Å². The number of benzene rings is 3. The summed E-state index contributed by atoms with van der Waals surface area (Å²) < 4.78 is 1.11. The Kier molecular flexibility index (Phi) is 5.17. The molecule has 0 spiro atoms. The minimum Gasteiger partial charge on any atom is -0.264 e. The first kappa shape index (κ1) is 15.4. The second-order valence-corrected chi connectivity index (χ2v) is 6.01.